The van der Waals surface area contributed by atoms with Gasteiger partial charge < -0.3 is 15.7 Å². The van der Waals surface area contributed by atoms with E-state index >= 15 is 0 Å². The third-order valence-electron chi connectivity index (χ3n) is 3.04. The first kappa shape index (κ1) is 15.0. The van der Waals surface area contributed by atoms with Gasteiger partial charge in [0.2, 0.25) is 0 Å². The lowest BCUT2D eigenvalue weighted by atomic mass is 10.1. The topological polar surface area (TPSA) is 61.4 Å². The Kier molecular flexibility index (Phi) is 4.55. The van der Waals surface area contributed by atoms with Gasteiger partial charge in [0.05, 0.1) is 5.56 Å². The first-order valence-electron chi connectivity index (χ1n) is 6.44. The fourth-order valence-corrected chi connectivity index (χ4v) is 2.04. The molecule has 108 valence electrons. The van der Waals surface area contributed by atoms with Gasteiger partial charge in [-0.25, -0.2) is 4.79 Å². The zero-order valence-corrected chi connectivity index (χ0v) is 12.6. The molecule has 0 amide bonds. The zero-order valence-electron chi connectivity index (χ0n) is 11.8. The van der Waals surface area contributed by atoms with E-state index in [9.17, 15) is 4.79 Å². The van der Waals surface area contributed by atoms with Crippen LogP contribution in [0.2, 0.25) is 0 Å². The minimum atomic E-state index is -0.963. The molecular formula is C16H16N2O2S. The number of anilines is 2. The molecule has 0 saturated carbocycles. The molecule has 2 rings (SSSR count). The van der Waals surface area contributed by atoms with Crippen molar-refractivity contribution in [1.82, 2.24) is 0 Å². The molecule has 0 heterocycles. The molecule has 2 aromatic carbocycles. The number of thiocarbonyl (C=S) groups is 1. The minimum Gasteiger partial charge on any atom is -0.478 e. The van der Waals surface area contributed by atoms with Crippen molar-refractivity contribution < 1.29 is 9.90 Å². The molecule has 0 radical (unpaired) electrons. The highest BCUT2D eigenvalue weighted by molar-refractivity contribution is 7.80. The standard InChI is InChI=1S/C16H16N2O2S/c1-10-3-7-13(8-4-10)17-16(21)18-14-9-12(15(19)20)6-5-11(14)2/h3-9H,1-2H3,(H,19,20)(H2,17,18,21). The van der Waals surface area contributed by atoms with Crippen molar-refractivity contribution in [1.29, 1.82) is 0 Å². The fraction of sp³-hybridized carbons (Fsp3) is 0.125. The number of benzene rings is 2. The highest BCUT2D eigenvalue weighted by Crippen LogP contribution is 2.18. The van der Waals surface area contributed by atoms with Crippen molar-refractivity contribution >= 4 is 34.7 Å². The summed E-state index contributed by atoms with van der Waals surface area (Å²) in [5.74, 6) is -0.963. The third-order valence-corrected chi connectivity index (χ3v) is 3.25. The Morgan fingerprint density at radius 2 is 1.71 bits per heavy atom. The molecule has 2 aromatic rings. The number of aromatic carboxylic acids is 1. The van der Waals surface area contributed by atoms with Gasteiger partial charge in [-0.05, 0) is 55.9 Å². The van der Waals surface area contributed by atoms with E-state index in [1.54, 1.807) is 18.2 Å². The maximum Gasteiger partial charge on any atom is 0.335 e. The molecule has 3 N–H and O–H groups in total. The summed E-state index contributed by atoms with van der Waals surface area (Å²) in [6.07, 6.45) is 0. The predicted molar refractivity (Wildman–Crippen MR) is 89.2 cm³/mol. The summed E-state index contributed by atoms with van der Waals surface area (Å²) in [5, 5.41) is 15.5. The van der Waals surface area contributed by atoms with Crippen LogP contribution in [-0.4, -0.2) is 16.2 Å². The van der Waals surface area contributed by atoms with E-state index in [-0.39, 0.29) is 5.56 Å². The Labute approximate surface area is 128 Å². The number of nitrogens with one attached hydrogen (secondary N) is 2. The van der Waals surface area contributed by atoms with Gasteiger partial charge in [0.25, 0.3) is 0 Å². The van der Waals surface area contributed by atoms with E-state index in [2.05, 4.69) is 10.6 Å². The monoisotopic (exact) mass is 300 g/mol. The van der Waals surface area contributed by atoms with Gasteiger partial charge in [0.1, 0.15) is 0 Å². The first-order chi connectivity index (χ1) is 9.95. The maximum absolute atomic E-state index is 11.0. The smallest absolute Gasteiger partial charge is 0.335 e. The average molecular weight is 300 g/mol. The second kappa shape index (κ2) is 6.37. The Balaban J connectivity index is 2.10. The highest BCUT2D eigenvalue weighted by Gasteiger charge is 2.07. The van der Waals surface area contributed by atoms with Crippen LogP contribution < -0.4 is 10.6 Å². The lowest BCUT2D eigenvalue weighted by Crippen LogP contribution is -2.19. The third kappa shape index (κ3) is 4.03. The van der Waals surface area contributed by atoms with Gasteiger partial charge >= 0.3 is 5.97 Å². The van der Waals surface area contributed by atoms with Gasteiger partial charge in [0.15, 0.2) is 5.11 Å². The molecule has 0 saturated heterocycles. The summed E-state index contributed by atoms with van der Waals surface area (Å²) in [4.78, 5) is 11.0. The van der Waals surface area contributed by atoms with E-state index in [4.69, 9.17) is 17.3 Å². The van der Waals surface area contributed by atoms with Gasteiger partial charge in [0, 0.05) is 11.4 Å². The largest absolute Gasteiger partial charge is 0.478 e. The van der Waals surface area contributed by atoms with Gasteiger partial charge in [-0.2, -0.15) is 0 Å². The van der Waals surface area contributed by atoms with Crippen LogP contribution >= 0.6 is 12.2 Å². The number of carboxylic acid groups (broad SMARTS) is 1. The fourth-order valence-electron chi connectivity index (χ4n) is 1.81. The van der Waals surface area contributed by atoms with Gasteiger partial charge in [-0.1, -0.05) is 23.8 Å². The number of carbonyl (C=O) groups is 1. The van der Waals surface area contributed by atoms with E-state index < -0.39 is 5.97 Å². The van der Waals surface area contributed by atoms with E-state index in [0.717, 1.165) is 11.3 Å². The Hall–Kier alpha value is -2.40. The summed E-state index contributed by atoms with van der Waals surface area (Å²) >= 11 is 5.25. The van der Waals surface area contributed by atoms with Crippen molar-refractivity contribution in [2.75, 3.05) is 10.6 Å². The lowest BCUT2D eigenvalue weighted by Gasteiger charge is -2.13. The van der Waals surface area contributed by atoms with Crippen LogP contribution in [0.3, 0.4) is 0 Å². The van der Waals surface area contributed by atoms with Crippen LogP contribution in [0.5, 0.6) is 0 Å². The number of rotatable bonds is 3. The Bertz CT molecular complexity index is 681. The molecule has 0 atom stereocenters. The lowest BCUT2D eigenvalue weighted by molar-refractivity contribution is 0.0697. The summed E-state index contributed by atoms with van der Waals surface area (Å²) in [6.45, 7) is 3.91. The molecule has 0 unspecified atom stereocenters. The van der Waals surface area contributed by atoms with Crippen molar-refractivity contribution in [3.8, 4) is 0 Å². The molecule has 21 heavy (non-hydrogen) atoms. The first-order valence-corrected chi connectivity index (χ1v) is 6.85. The molecule has 0 aromatic heterocycles. The van der Waals surface area contributed by atoms with Crippen molar-refractivity contribution in [3.63, 3.8) is 0 Å². The van der Waals surface area contributed by atoms with Crippen LogP contribution in [0.25, 0.3) is 0 Å². The van der Waals surface area contributed by atoms with Crippen LogP contribution in [-0.2, 0) is 0 Å². The van der Waals surface area contributed by atoms with E-state index in [1.165, 1.54) is 5.56 Å². The number of aryl methyl sites for hydroxylation is 2. The SMILES string of the molecule is Cc1ccc(NC(=S)Nc2cc(C(=O)O)ccc2C)cc1. The summed E-state index contributed by atoms with van der Waals surface area (Å²) < 4.78 is 0. The van der Waals surface area contributed by atoms with Crippen LogP contribution in [0.15, 0.2) is 42.5 Å². The van der Waals surface area contributed by atoms with Crippen molar-refractivity contribution in [2.45, 2.75) is 13.8 Å². The van der Waals surface area contributed by atoms with Gasteiger partial charge in [-0.3, -0.25) is 0 Å². The van der Waals surface area contributed by atoms with Crippen molar-refractivity contribution in [3.05, 3.63) is 59.2 Å². The average Bonchev–Trinajstić information content (AvgIpc) is 2.43. The Morgan fingerprint density at radius 3 is 2.33 bits per heavy atom. The van der Waals surface area contributed by atoms with Crippen LogP contribution in [0, 0.1) is 13.8 Å². The number of carboxylic acids is 1. The maximum atomic E-state index is 11.0. The van der Waals surface area contributed by atoms with Crippen molar-refractivity contribution in [2.24, 2.45) is 0 Å². The quantitative estimate of drug-likeness (QED) is 0.752. The molecule has 0 aliphatic rings. The van der Waals surface area contributed by atoms with Gasteiger partial charge in [-0.15, -0.1) is 0 Å². The molecular weight excluding hydrogens is 284 g/mol. The number of hydrogen-bond donors (Lipinski definition) is 3. The van der Waals surface area contributed by atoms with Crippen LogP contribution in [0.4, 0.5) is 11.4 Å². The number of hydrogen-bond acceptors (Lipinski definition) is 2. The molecule has 0 aliphatic heterocycles. The predicted octanol–water partition coefficient (Wildman–Crippen LogP) is 3.81. The molecule has 0 bridgehead atoms. The second-order valence-electron chi connectivity index (χ2n) is 4.78. The summed E-state index contributed by atoms with van der Waals surface area (Å²) in [5.41, 5.74) is 3.88. The molecule has 0 aliphatic carbocycles. The normalized spacial score (nSPS) is 10.0. The minimum absolute atomic E-state index is 0.223. The van der Waals surface area contributed by atoms with Crippen LogP contribution in [0.1, 0.15) is 21.5 Å². The molecule has 4 nitrogen and oxygen atoms in total. The van der Waals surface area contributed by atoms with E-state index in [0.29, 0.717) is 10.8 Å². The zero-order chi connectivity index (χ0) is 15.4. The second-order valence-corrected chi connectivity index (χ2v) is 5.19. The molecule has 5 heteroatoms. The molecule has 0 spiro atoms. The molecule has 0 fully saturated rings. The highest BCUT2D eigenvalue weighted by atomic mass is 32.1. The summed E-state index contributed by atoms with van der Waals surface area (Å²) in [6, 6.07) is 12.7. The van der Waals surface area contributed by atoms with E-state index in [1.807, 2.05) is 38.1 Å². The summed E-state index contributed by atoms with van der Waals surface area (Å²) in [7, 11) is 0. The Morgan fingerprint density at radius 1 is 1.05 bits per heavy atom.